The van der Waals surface area contributed by atoms with Crippen molar-refractivity contribution < 1.29 is 32.4 Å². The smallest absolute Gasteiger partial charge is 0.264 e. The van der Waals surface area contributed by atoms with E-state index in [4.69, 9.17) is 0 Å². The molecule has 0 saturated carbocycles. The summed E-state index contributed by atoms with van der Waals surface area (Å²) in [6.45, 7) is 10.9. The summed E-state index contributed by atoms with van der Waals surface area (Å²) in [5.41, 5.74) is 3.32. The second kappa shape index (κ2) is 17.6. The van der Waals surface area contributed by atoms with Crippen molar-refractivity contribution in [2.75, 3.05) is 66.7 Å². The molecule has 18 nitrogen and oxygen atoms in total. The molecule has 3 aromatic carbocycles. The van der Waals surface area contributed by atoms with Gasteiger partial charge in [0, 0.05) is 85.7 Å². The van der Waals surface area contributed by atoms with E-state index in [0.29, 0.717) is 42.8 Å². The first-order valence-corrected chi connectivity index (χ1v) is 21.5. The van der Waals surface area contributed by atoms with Gasteiger partial charge in [0.2, 0.25) is 33.7 Å². The number of aryl methyl sites for hydroxylation is 1. The van der Waals surface area contributed by atoms with Crippen LogP contribution < -0.4 is 36.2 Å². The van der Waals surface area contributed by atoms with Crippen molar-refractivity contribution in [3.05, 3.63) is 89.6 Å². The number of sulfonamides is 1. The molecular weight excluding hydrogens is 803 g/mol. The Kier molecular flexibility index (Phi) is 12.3. The number of hydrogen-bond acceptors (Lipinski definition) is 14. The number of piperidine rings is 1. The minimum Gasteiger partial charge on any atom is -0.383 e. The Labute approximate surface area is 353 Å². The maximum absolute atomic E-state index is 13.3. The van der Waals surface area contributed by atoms with Gasteiger partial charge in [0.05, 0.1) is 22.6 Å². The summed E-state index contributed by atoms with van der Waals surface area (Å²) in [6.07, 6.45) is 1.80. The fourth-order valence-electron chi connectivity index (χ4n) is 7.34. The Balaban J connectivity index is 0.851. The highest BCUT2D eigenvalue weighted by Gasteiger charge is 2.45. The van der Waals surface area contributed by atoms with E-state index < -0.39 is 45.2 Å². The molecule has 2 fully saturated rings. The zero-order chi connectivity index (χ0) is 43.5. The van der Waals surface area contributed by atoms with E-state index in [1.807, 2.05) is 31.2 Å². The lowest BCUT2D eigenvalue weighted by Gasteiger charge is -2.35. The van der Waals surface area contributed by atoms with Gasteiger partial charge >= 0.3 is 0 Å². The number of carbonyl (C=O) groups excluding carboxylic acids is 5. The Morgan fingerprint density at radius 1 is 0.885 bits per heavy atom. The van der Waals surface area contributed by atoms with Crippen LogP contribution in [-0.4, -0.2) is 115 Å². The molecule has 0 aliphatic carbocycles. The van der Waals surface area contributed by atoms with Crippen molar-refractivity contribution in [1.29, 1.82) is 0 Å². The number of carbonyl (C=O) groups is 5. The molecule has 1 unspecified atom stereocenters. The maximum Gasteiger partial charge on any atom is 0.264 e. The third kappa shape index (κ3) is 10.1. The van der Waals surface area contributed by atoms with Crippen molar-refractivity contribution in [3.8, 4) is 0 Å². The molecule has 3 aliphatic heterocycles. The number of amides is 5. The van der Waals surface area contributed by atoms with Crippen molar-refractivity contribution in [2.24, 2.45) is 0 Å². The minimum absolute atomic E-state index is 0.0407. The normalized spacial score (nSPS) is 17.2. The van der Waals surface area contributed by atoms with E-state index in [0.717, 1.165) is 34.9 Å². The van der Waals surface area contributed by atoms with Crippen LogP contribution in [0.15, 0.2) is 77.8 Å². The van der Waals surface area contributed by atoms with Gasteiger partial charge in [-0.25, -0.2) is 18.1 Å². The summed E-state index contributed by atoms with van der Waals surface area (Å²) in [6, 6.07) is 18.3. The van der Waals surface area contributed by atoms with Gasteiger partial charge in [-0.2, -0.15) is 4.98 Å². The molecule has 7 rings (SSSR count). The quantitative estimate of drug-likeness (QED) is 0.0792. The van der Waals surface area contributed by atoms with Gasteiger partial charge < -0.3 is 26.2 Å². The largest absolute Gasteiger partial charge is 0.383 e. The van der Waals surface area contributed by atoms with Crippen molar-refractivity contribution >= 4 is 74.1 Å². The molecule has 2 saturated heterocycles. The Hall–Kier alpha value is -6.44. The molecule has 0 radical (unpaired) electrons. The first kappa shape index (κ1) is 42.7. The van der Waals surface area contributed by atoms with Crippen LogP contribution in [0.5, 0.6) is 0 Å². The van der Waals surface area contributed by atoms with Crippen LogP contribution in [0.25, 0.3) is 0 Å². The van der Waals surface area contributed by atoms with Crippen LogP contribution in [0.3, 0.4) is 0 Å². The predicted molar refractivity (Wildman–Crippen MR) is 230 cm³/mol. The van der Waals surface area contributed by atoms with Gasteiger partial charge in [0.1, 0.15) is 11.9 Å². The number of fused-ring (bicyclic) bond motifs is 1. The molecule has 1 atom stereocenters. The fourth-order valence-corrected chi connectivity index (χ4v) is 8.80. The third-order valence-electron chi connectivity index (χ3n) is 10.3. The summed E-state index contributed by atoms with van der Waals surface area (Å²) >= 11 is 0. The topological polar surface area (TPSA) is 227 Å². The molecule has 1 aromatic heterocycles. The molecule has 6 N–H and O–H groups in total. The molecular formula is C42H49N11O7S. The minimum atomic E-state index is -3.72. The Morgan fingerprint density at radius 3 is 2.34 bits per heavy atom. The average molecular weight is 852 g/mol. The number of anilines is 6. The van der Waals surface area contributed by atoms with Crippen LogP contribution in [0, 0.1) is 6.92 Å². The molecule has 320 valence electrons. The van der Waals surface area contributed by atoms with Gasteiger partial charge in [-0.3, -0.25) is 39.1 Å². The van der Waals surface area contributed by atoms with Crippen LogP contribution in [0.1, 0.15) is 59.9 Å². The van der Waals surface area contributed by atoms with Crippen molar-refractivity contribution in [1.82, 2.24) is 35.1 Å². The second-order valence-corrected chi connectivity index (χ2v) is 17.8. The highest BCUT2D eigenvalue weighted by Crippen LogP contribution is 2.32. The van der Waals surface area contributed by atoms with E-state index in [1.54, 1.807) is 63.4 Å². The van der Waals surface area contributed by atoms with Crippen LogP contribution in [0.4, 0.5) is 34.5 Å². The molecule has 0 bridgehead atoms. The number of nitrogens with zero attached hydrogens (tertiary/aromatic N) is 5. The summed E-state index contributed by atoms with van der Waals surface area (Å²) in [7, 11) is -3.72. The lowest BCUT2D eigenvalue weighted by molar-refractivity contribution is -0.136. The summed E-state index contributed by atoms with van der Waals surface area (Å²) in [5, 5.41) is 14.7. The monoisotopic (exact) mass is 851 g/mol. The molecule has 4 aromatic rings. The molecule has 4 heterocycles. The Bertz CT molecular complexity index is 2470. The summed E-state index contributed by atoms with van der Waals surface area (Å²) in [5.74, 6) is -1.51. The van der Waals surface area contributed by atoms with E-state index >= 15 is 0 Å². The number of hydrogen-bond donors (Lipinski definition) is 6. The highest BCUT2D eigenvalue weighted by atomic mass is 32.2. The second-order valence-electron chi connectivity index (χ2n) is 16.1. The van der Waals surface area contributed by atoms with Crippen LogP contribution in [0.2, 0.25) is 0 Å². The fraction of sp³-hybridized carbons (Fsp3) is 0.357. The zero-order valence-corrected chi connectivity index (χ0v) is 35.2. The number of aromatic nitrogens is 2. The molecule has 5 amide bonds. The van der Waals surface area contributed by atoms with Gasteiger partial charge in [0.15, 0.2) is 0 Å². The predicted octanol–water partition coefficient (Wildman–Crippen LogP) is 3.10. The average Bonchev–Trinajstić information content (AvgIpc) is 3.46. The first-order chi connectivity index (χ1) is 29.0. The van der Waals surface area contributed by atoms with Gasteiger partial charge in [-0.1, -0.05) is 12.1 Å². The molecule has 61 heavy (non-hydrogen) atoms. The highest BCUT2D eigenvalue weighted by molar-refractivity contribution is 7.89. The van der Waals surface area contributed by atoms with Crippen LogP contribution in [-0.2, 0) is 24.4 Å². The number of rotatable bonds is 14. The lowest BCUT2D eigenvalue weighted by Crippen LogP contribution is -2.54. The van der Waals surface area contributed by atoms with E-state index in [-0.39, 0.29) is 47.9 Å². The number of imide groups is 2. The van der Waals surface area contributed by atoms with E-state index in [1.165, 1.54) is 6.07 Å². The van der Waals surface area contributed by atoms with Crippen molar-refractivity contribution in [2.45, 2.75) is 57.0 Å². The maximum atomic E-state index is 13.3. The van der Waals surface area contributed by atoms with Crippen LogP contribution >= 0.6 is 0 Å². The Morgan fingerprint density at radius 2 is 1.62 bits per heavy atom. The summed E-state index contributed by atoms with van der Waals surface area (Å²) < 4.78 is 28.5. The van der Waals surface area contributed by atoms with E-state index in [9.17, 15) is 32.4 Å². The third-order valence-corrected chi connectivity index (χ3v) is 12.0. The summed E-state index contributed by atoms with van der Waals surface area (Å²) in [4.78, 5) is 77.8. The number of piperazine rings is 1. The van der Waals surface area contributed by atoms with E-state index in [2.05, 4.69) is 51.1 Å². The molecule has 0 spiro atoms. The number of benzene rings is 3. The van der Waals surface area contributed by atoms with Gasteiger partial charge in [-0.15, -0.1) is 0 Å². The lowest BCUT2D eigenvalue weighted by atomic mass is 10.0. The molecule has 19 heteroatoms. The molecule has 3 aliphatic rings. The van der Waals surface area contributed by atoms with Gasteiger partial charge in [0.25, 0.3) is 11.8 Å². The first-order valence-electron chi connectivity index (χ1n) is 20.0. The van der Waals surface area contributed by atoms with Crippen molar-refractivity contribution in [3.63, 3.8) is 0 Å². The van der Waals surface area contributed by atoms with Gasteiger partial charge in [-0.05, 0) is 88.7 Å². The standard InChI is InChI=1S/C42H49N11O7S/c1-26-24-45-41(49-37(26)46-28-7-5-8-30(23-28)61(59,60)50-42(2,3)4)47-27-11-13-29(14-12-27)52-21-19-51(20-22-52)25-35(55)44-18-17-43-32-10-6-9-31-36(32)40(58)53(39(31)57)33-15-16-34(54)48-38(33)56/h5-14,23-24,33,43,50H,15-22,25H2,1-4H3,(H,44,55)(H,48,54,56)(H2,45,46,47,49). The number of nitrogens with one attached hydrogen (secondary N) is 6. The zero-order valence-electron chi connectivity index (χ0n) is 34.4. The SMILES string of the molecule is Cc1cnc(Nc2ccc(N3CCN(CC(=O)NCCNc4cccc5c4C(=O)N(C4CCC(=O)NC4=O)C5=O)CC3)cc2)nc1Nc1cccc(S(=O)(=O)NC(C)(C)C)c1.